The van der Waals surface area contributed by atoms with Crippen LogP contribution in [-0.2, 0) is 6.42 Å². The highest BCUT2D eigenvalue weighted by Gasteiger charge is 2.13. The second-order valence-electron chi connectivity index (χ2n) is 6.30. The summed E-state index contributed by atoms with van der Waals surface area (Å²) in [6.45, 7) is 0. The number of aromatic amines is 1. The molecular formula is C21H18FN3O3. The number of aromatic nitrogens is 3. The molecule has 2 heterocycles. The Bertz CT molecular complexity index is 1210. The zero-order valence-electron chi connectivity index (χ0n) is 15.4. The lowest BCUT2D eigenvalue weighted by Crippen LogP contribution is -2.15. The van der Waals surface area contributed by atoms with Crippen LogP contribution < -0.4 is 15.0 Å². The van der Waals surface area contributed by atoms with E-state index in [0.717, 1.165) is 5.56 Å². The molecule has 28 heavy (non-hydrogen) atoms. The van der Waals surface area contributed by atoms with Crippen LogP contribution in [0.15, 0.2) is 59.5 Å². The molecule has 0 saturated heterocycles. The van der Waals surface area contributed by atoms with Gasteiger partial charge >= 0.3 is 0 Å². The van der Waals surface area contributed by atoms with Crippen molar-refractivity contribution in [1.29, 1.82) is 0 Å². The largest absolute Gasteiger partial charge is 0.497 e. The van der Waals surface area contributed by atoms with E-state index in [1.54, 1.807) is 38.6 Å². The molecule has 0 radical (unpaired) electrons. The van der Waals surface area contributed by atoms with E-state index in [2.05, 4.69) is 10.1 Å². The fourth-order valence-electron chi connectivity index (χ4n) is 3.18. The highest BCUT2D eigenvalue weighted by Crippen LogP contribution is 2.27. The summed E-state index contributed by atoms with van der Waals surface area (Å²) in [6, 6.07) is 13.2. The molecule has 0 amide bonds. The number of rotatable bonds is 5. The minimum atomic E-state index is -0.349. The Morgan fingerprint density at radius 2 is 1.96 bits per heavy atom. The molecule has 0 aliphatic heterocycles. The van der Waals surface area contributed by atoms with Crippen LogP contribution in [0, 0.1) is 5.82 Å². The molecule has 0 atom stereocenters. The molecule has 142 valence electrons. The molecule has 0 unspecified atom stereocenters. The van der Waals surface area contributed by atoms with Crippen LogP contribution in [0.5, 0.6) is 11.5 Å². The first-order valence-electron chi connectivity index (χ1n) is 8.66. The molecule has 2 aromatic carbocycles. The Labute approximate surface area is 160 Å². The number of hydrogen-bond acceptors (Lipinski definition) is 4. The van der Waals surface area contributed by atoms with Gasteiger partial charge in [0.05, 0.1) is 19.9 Å². The average molecular weight is 379 g/mol. The Kier molecular flexibility index (Phi) is 4.57. The van der Waals surface area contributed by atoms with E-state index in [1.807, 2.05) is 12.1 Å². The van der Waals surface area contributed by atoms with Crippen molar-refractivity contribution >= 4 is 5.65 Å². The van der Waals surface area contributed by atoms with Crippen LogP contribution in [0.3, 0.4) is 0 Å². The third kappa shape index (κ3) is 3.22. The Morgan fingerprint density at radius 1 is 1.11 bits per heavy atom. The van der Waals surface area contributed by atoms with E-state index in [1.165, 1.54) is 22.7 Å². The SMILES string of the molecule is COc1ccc(Cc2cc(=O)n3[nH]cc(-c4cccc(F)c4)c3n2)c(OC)c1. The molecule has 2 aromatic heterocycles. The molecule has 1 N–H and O–H groups in total. The third-order valence-electron chi connectivity index (χ3n) is 4.55. The van der Waals surface area contributed by atoms with Crippen LogP contribution in [0.25, 0.3) is 16.8 Å². The molecule has 0 fully saturated rings. The number of H-pyrrole nitrogens is 1. The van der Waals surface area contributed by atoms with Gasteiger partial charge in [-0.15, -0.1) is 0 Å². The first kappa shape index (κ1) is 17.8. The number of ether oxygens (including phenoxy) is 2. The number of fused-ring (bicyclic) bond motifs is 1. The lowest BCUT2D eigenvalue weighted by Gasteiger charge is -2.10. The van der Waals surface area contributed by atoms with Crippen LogP contribution in [0.1, 0.15) is 11.3 Å². The van der Waals surface area contributed by atoms with Crippen molar-refractivity contribution in [3.63, 3.8) is 0 Å². The van der Waals surface area contributed by atoms with Crippen molar-refractivity contribution in [2.75, 3.05) is 14.2 Å². The maximum atomic E-state index is 13.6. The number of methoxy groups -OCH3 is 2. The van der Waals surface area contributed by atoms with Gasteiger partial charge in [-0.1, -0.05) is 18.2 Å². The second kappa shape index (κ2) is 7.19. The summed E-state index contributed by atoms with van der Waals surface area (Å²) < 4.78 is 25.6. The lowest BCUT2D eigenvalue weighted by molar-refractivity contribution is 0.391. The summed E-state index contributed by atoms with van der Waals surface area (Å²) in [5, 5.41) is 2.88. The van der Waals surface area contributed by atoms with Crippen molar-refractivity contribution in [3.05, 3.63) is 82.2 Å². The molecule has 7 heteroatoms. The van der Waals surface area contributed by atoms with Gasteiger partial charge in [-0.2, -0.15) is 0 Å². The normalized spacial score (nSPS) is 11.0. The van der Waals surface area contributed by atoms with Crippen molar-refractivity contribution in [3.8, 4) is 22.6 Å². The van der Waals surface area contributed by atoms with Crippen LogP contribution >= 0.6 is 0 Å². The molecule has 0 aliphatic rings. The summed E-state index contributed by atoms with van der Waals surface area (Å²) in [5.74, 6) is 0.988. The fourth-order valence-corrected chi connectivity index (χ4v) is 3.18. The predicted molar refractivity (Wildman–Crippen MR) is 104 cm³/mol. The number of benzene rings is 2. The molecule has 4 aromatic rings. The van der Waals surface area contributed by atoms with Crippen LogP contribution in [0.4, 0.5) is 4.39 Å². The van der Waals surface area contributed by atoms with Gasteiger partial charge in [-0.25, -0.2) is 13.9 Å². The molecule has 0 saturated carbocycles. The van der Waals surface area contributed by atoms with Crippen molar-refractivity contribution < 1.29 is 13.9 Å². The predicted octanol–water partition coefficient (Wildman–Crippen LogP) is 3.44. The Balaban J connectivity index is 1.79. The smallest absolute Gasteiger partial charge is 0.272 e. The molecular weight excluding hydrogens is 361 g/mol. The summed E-state index contributed by atoms with van der Waals surface area (Å²) in [6.07, 6.45) is 2.06. The van der Waals surface area contributed by atoms with Crippen molar-refractivity contribution in [2.24, 2.45) is 0 Å². The number of nitrogens with zero attached hydrogens (tertiary/aromatic N) is 2. The van der Waals surface area contributed by atoms with Crippen LogP contribution in [-0.4, -0.2) is 28.8 Å². The van der Waals surface area contributed by atoms with Gasteiger partial charge in [0.1, 0.15) is 17.3 Å². The zero-order chi connectivity index (χ0) is 19.7. The molecule has 0 spiro atoms. The Hall–Kier alpha value is -3.61. The monoisotopic (exact) mass is 379 g/mol. The van der Waals surface area contributed by atoms with E-state index in [4.69, 9.17) is 9.47 Å². The summed E-state index contributed by atoms with van der Waals surface area (Å²) in [7, 11) is 3.17. The van der Waals surface area contributed by atoms with Gasteiger partial charge in [0.15, 0.2) is 5.65 Å². The standard InChI is InChI=1S/C21H18FN3O3/c1-27-17-7-6-14(19(11-17)28-2)9-16-10-20(26)25-21(24-16)18(12-23-25)13-4-3-5-15(22)8-13/h3-8,10-12,23H,9H2,1-2H3. The van der Waals surface area contributed by atoms with E-state index >= 15 is 0 Å². The Morgan fingerprint density at radius 3 is 2.71 bits per heavy atom. The maximum Gasteiger partial charge on any atom is 0.272 e. The third-order valence-corrected chi connectivity index (χ3v) is 4.55. The van der Waals surface area contributed by atoms with Gasteiger partial charge in [-0.05, 0) is 23.8 Å². The fraction of sp³-hybridized carbons (Fsp3) is 0.143. The van der Waals surface area contributed by atoms with Crippen molar-refractivity contribution in [1.82, 2.24) is 14.6 Å². The summed E-state index contributed by atoms with van der Waals surface area (Å²) in [4.78, 5) is 17.2. The summed E-state index contributed by atoms with van der Waals surface area (Å²) in [5.41, 5.74) is 2.97. The topological polar surface area (TPSA) is 68.6 Å². The number of halogens is 1. The molecule has 4 rings (SSSR count). The highest BCUT2D eigenvalue weighted by atomic mass is 19.1. The lowest BCUT2D eigenvalue weighted by atomic mass is 10.1. The van der Waals surface area contributed by atoms with Gasteiger partial charge in [-0.3, -0.25) is 9.89 Å². The van der Waals surface area contributed by atoms with Gasteiger partial charge in [0.25, 0.3) is 5.56 Å². The van der Waals surface area contributed by atoms with E-state index in [0.29, 0.717) is 40.4 Å². The molecule has 6 nitrogen and oxygen atoms in total. The average Bonchev–Trinajstić information content (AvgIpc) is 3.13. The highest BCUT2D eigenvalue weighted by molar-refractivity contribution is 5.76. The summed E-state index contributed by atoms with van der Waals surface area (Å²) >= 11 is 0. The quantitative estimate of drug-likeness (QED) is 0.577. The molecule has 0 bridgehead atoms. The molecule has 0 aliphatic carbocycles. The van der Waals surface area contributed by atoms with E-state index in [9.17, 15) is 9.18 Å². The van der Waals surface area contributed by atoms with E-state index in [-0.39, 0.29) is 11.4 Å². The number of nitrogens with one attached hydrogen (secondary N) is 1. The minimum absolute atomic E-state index is 0.241. The minimum Gasteiger partial charge on any atom is -0.497 e. The van der Waals surface area contributed by atoms with Crippen LogP contribution in [0.2, 0.25) is 0 Å². The zero-order valence-corrected chi connectivity index (χ0v) is 15.4. The maximum absolute atomic E-state index is 13.6. The van der Waals surface area contributed by atoms with Gasteiger partial charge in [0.2, 0.25) is 0 Å². The van der Waals surface area contributed by atoms with E-state index < -0.39 is 0 Å². The first-order chi connectivity index (χ1) is 13.6. The number of hydrogen-bond donors (Lipinski definition) is 1. The van der Waals surface area contributed by atoms with Gasteiger partial charge in [0, 0.05) is 35.9 Å². The van der Waals surface area contributed by atoms with Gasteiger partial charge < -0.3 is 9.47 Å². The first-order valence-corrected chi connectivity index (χ1v) is 8.66. The second-order valence-corrected chi connectivity index (χ2v) is 6.30. The van der Waals surface area contributed by atoms with Crippen molar-refractivity contribution in [2.45, 2.75) is 6.42 Å².